The van der Waals surface area contributed by atoms with E-state index in [0.717, 1.165) is 36.6 Å². The Bertz CT molecular complexity index is 1060. The SMILES string of the molecule is Cc1sc(Nc2nc3ccc(C#N)cc3s2)nc1-c1ccccc1. The molecule has 0 saturated carbocycles. The minimum Gasteiger partial charge on any atom is -0.307 e. The van der Waals surface area contributed by atoms with Crippen LogP contribution < -0.4 is 5.32 Å². The zero-order chi connectivity index (χ0) is 16.5. The molecule has 0 saturated heterocycles. The number of rotatable bonds is 3. The highest BCUT2D eigenvalue weighted by Crippen LogP contribution is 2.34. The van der Waals surface area contributed by atoms with Crippen molar-refractivity contribution in [1.82, 2.24) is 9.97 Å². The van der Waals surface area contributed by atoms with Gasteiger partial charge in [0.1, 0.15) is 0 Å². The van der Waals surface area contributed by atoms with Crippen molar-refractivity contribution in [3.8, 4) is 17.3 Å². The van der Waals surface area contributed by atoms with E-state index in [1.165, 1.54) is 11.3 Å². The quantitative estimate of drug-likeness (QED) is 0.542. The lowest BCUT2D eigenvalue weighted by Gasteiger charge is -1.97. The number of nitrogens with one attached hydrogen (secondary N) is 1. The van der Waals surface area contributed by atoms with Crippen molar-refractivity contribution in [3.05, 3.63) is 59.0 Å². The number of nitrogens with zero attached hydrogens (tertiary/aromatic N) is 3. The Kier molecular flexibility index (Phi) is 3.73. The first-order chi connectivity index (χ1) is 11.7. The van der Waals surface area contributed by atoms with Crippen molar-refractivity contribution in [2.24, 2.45) is 0 Å². The first kappa shape index (κ1) is 14.8. The van der Waals surface area contributed by atoms with Crippen LogP contribution in [0.5, 0.6) is 0 Å². The first-order valence-corrected chi connectivity index (χ1v) is 8.97. The zero-order valence-corrected chi connectivity index (χ0v) is 14.4. The summed E-state index contributed by atoms with van der Waals surface area (Å²) in [5, 5.41) is 13.9. The second kappa shape index (κ2) is 6.04. The Morgan fingerprint density at radius 1 is 1.00 bits per heavy atom. The fraction of sp³-hybridized carbons (Fsp3) is 0.0556. The number of anilines is 2. The van der Waals surface area contributed by atoms with Crippen LogP contribution in [0.3, 0.4) is 0 Å². The van der Waals surface area contributed by atoms with E-state index in [1.807, 2.05) is 30.3 Å². The maximum absolute atomic E-state index is 8.99. The molecule has 0 atom stereocenters. The summed E-state index contributed by atoms with van der Waals surface area (Å²) in [4.78, 5) is 10.4. The van der Waals surface area contributed by atoms with Gasteiger partial charge in [-0.3, -0.25) is 0 Å². The molecule has 2 aromatic carbocycles. The molecule has 2 heterocycles. The smallest absolute Gasteiger partial charge is 0.190 e. The summed E-state index contributed by atoms with van der Waals surface area (Å²) in [7, 11) is 0. The van der Waals surface area contributed by atoms with E-state index in [9.17, 15) is 0 Å². The topological polar surface area (TPSA) is 61.6 Å². The van der Waals surface area contributed by atoms with Gasteiger partial charge in [-0.25, -0.2) is 9.97 Å². The molecule has 116 valence electrons. The Morgan fingerprint density at radius 3 is 2.58 bits per heavy atom. The Labute approximate surface area is 147 Å². The van der Waals surface area contributed by atoms with Crippen LogP contribution in [0.1, 0.15) is 10.4 Å². The van der Waals surface area contributed by atoms with Crippen molar-refractivity contribution >= 4 is 43.2 Å². The number of thiazole rings is 2. The summed E-state index contributed by atoms with van der Waals surface area (Å²) in [5.41, 5.74) is 3.64. The van der Waals surface area contributed by atoms with Gasteiger partial charge >= 0.3 is 0 Å². The lowest BCUT2D eigenvalue weighted by atomic mass is 10.1. The summed E-state index contributed by atoms with van der Waals surface area (Å²) in [6.07, 6.45) is 0. The lowest BCUT2D eigenvalue weighted by molar-refractivity contribution is 1.34. The molecule has 2 aromatic heterocycles. The molecule has 0 fully saturated rings. The summed E-state index contributed by atoms with van der Waals surface area (Å²) in [6.45, 7) is 2.07. The highest BCUT2D eigenvalue weighted by molar-refractivity contribution is 7.22. The number of aromatic nitrogens is 2. The van der Waals surface area contributed by atoms with Gasteiger partial charge in [0.15, 0.2) is 10.3 Å². The van der Waals surface area contributed by atoms with Gasteiger partial charge in [0.2, 0.25) is 0 Å². The van der Waals surface area contributed by atoms with Crippen molar-refractivity contribution in [1.29, 1.82) is 5.26 Å². The second-order valence-corrected chi connectivity index (χ2v) is 7.46. The molecule has 0 aliphatic heterocycles. The number of aryl methyl sites for hydroxylation is 1. The van der Waals surface area contributed by atoms with Gasteiger partial charge < -0.3 is 5.32 Å². The third kappa shape index (κ3) is 2.75. The van der Waals surface area contributed by atoms with Crippen molar-refractivity contribution < 1.29 is 0 Å². The van der Waals surface area contributed by atoms with E-state index >= 15 is 0 Å². The average Bonchev–Trinajstić information content (AvgIpc) is 3.17. The summed E-state index contributed by atoms with van der Waals surface area (Å²) in [5.74, 6) is 0. The largest absolute Gasteiger partial charge is 0.307 e. The number of hydrogen-bond donors (Lipinski definition) is 1. The Balaban J connectivity index is 1.65. The number of benzene rings is 2. The fourth-order valence-corrected chi connectivity index (χ4v) is 4.26. The molecule has 0 unspecified atom stereocenters. The van der Waals surface area contributed by atoms with Crippen LogP contribution in [0, 0.1) is 18.3 Å². The van der Waals surface area contributed by atoms with E-state index in [4.69, 9.17) is 10.2 Å². The summed E-state index contributed by atoms with van der Waals surface area (Å²) < 4.78 is 0.994. The molecular formula is C18H12N4S2. The van der Waals surface area contributed by atoms with Crippen LogP contribution in [0.25, 0.3) is 21.5 Å². The number of hydrogen-bond acceptors (Lipinski definition) is 6. The van der Waals surface area contributed by atoms with Gasteiger partial charge in [-0.2, -0.15) is 5.26 Å². The molecule has 0 aliphatic rings. The van der Waals surface area contributed by atoms with Gasteiger partial charge in [-0.1, -0.05) is 41.7 Å². The van der Waals surface area contributed by atoms with Crippen LogP contribution in [-0.4, -0.2) is 9.97 Å². The predicted octanol–water partition coefficient (Wildman–Crippen LogP) is 5.34. The van der Waals surface area contributed by atoms with Crippen LogP contribution in [0.2, 0.25) is 0 Å². The Morgan fingerprint density at radius 2 is 1.79 bits per heavy atom. The second-order valence-electron chi connectivity index (χ2n) is 5.23. The molecule has 6 heteroatoms. The Hall–Kier alpha value is -2.75. The van der Waals surface area contributed by atoms with E-state index < -0.39 is 0 Å². The average molecular weight is 348 g/mol. The van der Waals surface area contributed by atoms with E-state index in [0.29, 0.717) is 5.56 Å². The van der Waals surface area contributed by atoms with E-state index in [2.05, 4.69) is 35.4 Å². The third-order valence-corrected chi connectivity index (χ3v) is 5.40. The minimum absolute atomic E-state index is 0.647. The van der Waals surface area contributed by atoms with E-state index in [1.54, 1.807) is 17.4 Å². The molecule has 0 aliphatic carbocycles. The van der Waals surface area contributed by atoms with Crippen LogP contribution in [-0.2, 0) is 0 Å². The van der Waals surface area contributed by atoms with Crippen molar-refractivity contribution in [3.63, 3.8) is 0 Å². The monoisotopic (exact) mass is 348 g/mol. The van der Waals surface area contributed by atoms with Crippen molar-refractivity contribution in [2.75, 3.05) is 5.32 Å². The molecule has 24 heavy (non-hydrogen) atoms. The standard InChI is InChI=1S/C18H12N4S2/c1-11-16(13-5-3-2-4-6-13)21-18(23-11)22-17-20-14-8-7-12(10-19)9-15(14)24-17/h2-9H,1H3,(H,20,21,22). The first-order valence-electron chi connectivity index (χ1n) is 7.33. The molecule has 0 radical (unpaired) electrons. The van der Waals surface area contributed by atoms with Crippen molar-refractivity contribution in [2.45, 2.75) is 6.92 Å². The highest BCUT2D eigenvalue weighted by atomic mass is 32.1. The van der Waals surface area contributed by atoms with Crippen LogP contribution in [0.15, 0.2) is 48.5 Å². The number of fused-ring (bicyclic) bond motifs is 1. The van der Waals surface area contributed by atoms with Gasteiger partial charge in [0.05, 0.1) is 27.5 Å². The molecule has 4 aromatic rings. The van der Waals surface area contributed by atoms with Gasteiger partial charge in [-0.05, 0) is 25.1 Å². The molecule has 1 N–H and O–H groups in total. The molecule has 0 bridgehead atoms. The molecule has 4 rings (SSSR count). The normalized spacial score (nSPS) is 10.7. The summed E-state index contributed by atoms with van der Waals surface area (Å²) >= 11 is 3.14. The predicted molar refractivity (Wildman–Crippen MR) is 99.9 cm³/mol. The number of nitriles is 1. The van der Waals surface area contributed by atoms with Crippen LogP contribution >= 0.6 is 22.7 Å². The highest BCUT2D eigenvalue weighted by Gasteiger charge is 2.11. The molecule has 4 nitrogen and oxygen atoms in total. The maximum atomic E-state index is 8.99. The maximum Gasteiger partial charge on any atom is 0.190 e. The van der Waals surface area contributed by atoms with Gasteiger partial charge in [-0.15, -0.1) is 11.3 Å². The molecular weight excluding hydrogens is 336 g/mol. The molecule has 0 spiro atoms. The van der Waals surface area contributed by atoms with Crippen LogP contribution in [0.4, 0.5) is 10.3 Å². The van der Waals surface area contributed by atoms with E-state index in [-0.39, 0.29) is 0 Å². The van der Waals surface area contributed by atoms with Gasteiger partial charge in [0, 0.05) is 10.4 Å². The zero-order valence-electron chi connectivity index (χ0n) is 12.8. The summed E-state index contributed by atoms with van der Waals surface area (Å²) in [6, 6.07) is 17.8. The lowest BCUT2D eigenvalue weighted by Crippen LogP contribution is -1.88. The third-order valence-electron chi connectivity index (χ3n) is 3.58. The molecule has 0 amide bonds. The van der Waals surface area contributed by atoms with Gasteiger partial charge in [0.25, 0.3) is 0 Å². The minimum atomic E-state index is 0.647. The fourth-order valence-electron chi connectivity index (χ4n) is 2.45.